The van der Waals surface area contributed by atoms with Gasteiger partial charge in [0, 0.05) is 16.1 Å². The average Bonchev–Trinajstić information content (AvgIpc) is 2.07. The van der Waals surface area contributed by atoms with Gasteiger partial charge in [-0.05, 0) is 31.4 Å². The van der Waals surface area contributed by atoms with Gasteiger partial charge >= 0.3 is 0 Å². The monoisotopic (exact) mass is 231 g/mol. The molecule has 0 aliphatic heterocycles. The highest BCUT2D eigenvalue weighted by Gasteiger charge is 2.37. The molecule has 4 heteroatoms. The van der Waals surface area contributed by atoms with E-state index in [1.165, 1.54) is 6.07 Å². The van der Waals surface area contributed by atoms with Gasteiger partial charge in [-0.2, -0.15) is 0 Å². The van der Waals surface area contributed by atoms with Crippen molar-refractivity contribution >= 4 is 23.2 Å². The van der Waals surface area contributed by atoms with Crippen LogP contribution in [0.25, 0.3) is 0 Å². The second-order valence-corrected chi connectivity index (χ2v) is 4.64. The highest BCUT2D eigenvalue weighted by Crippen LogP contribution is 2.45. The molecule has 2 nitrogen and oxygen atoms in total. The van der Waals surface area contributed by atoms with E-state index in [4.69, 9.17) is 28.9 Å². The molecule has 1 saturated carbocycles. The molecular weight excluding hydrogens is 221 g/mol. The van der Waals surface area contributed by atoms with Gasteiger partial charge in [0.05, 0.1) is 5.02 Å². The lowest BCUT2D eigenvalue weighted by Gasteiger charge is -2.39. The van der Waals surface area contributed by atoms with E-state index in [0.29, 0.717) is 10.6 Å². The van der Waals surface area contributed by atoms with Crippen LogP contribution in [0, 0.1) is 0 Å². The summed E-state index contributed by atoms with van der Waals surface area (Å²) in [6.45, 7) is 0. The minimum Gasteiger partial charge on any atom is -0.506 e. The van der Waals surface area contributed by atoms with Gasteiger partial charge in [-0.25, -0.2) is 0 Å². The van der Waals surface area contributed by atoms with Gasteiger partial charge in [-0.1, -0.05) is 23.2 Å². The van der Waals surface area contributed by atoms with E-state index in [1.54, 1.807) is 6.07 Å². The Morgan fingerprint density at radius 3 is 2.43 bits per heavy atom. The molecule has 0 spiro atoms. The summed E-state index contributed by atoms with van der Waals surface area (Å²) in [4.78, 5) is 0. The topological polar surface area (TPSA) is 46.2 Å². The van der Waals surface area contributed by atoms with Gasteiger partial charge in [0.15, 0.2) is 0 Å². The molecule has 1 aromatic carbocycles. The number of halogens is 2. The first-order valence-electron chi connectivity index (χ1n) is 4.50. The second kappa shape index (κ2) is 3.30. The van der Waals surface area contributed by atoms with Crippen LogP contribution in [0.5, 0.6) is 5.75 Å². The largest absolute Gasteiger partial charge is 0.506 e. The van der Waals surface area contributed by atoms with Crippen LogP contribution in [-0.4, -0.2) is 5.11 Å². The molecule has 0 amide bonds. The Hall–Kier alpha value is -0.440. The maximum Gasteiger partial charge on any atom is 0.139 e. The van der Waals surface area contributed by atoms with E-state index in [0.717, 1.165) is 19.3 Å². The van der Waals surface area contributed by atoms with Crippen LogP contribution >= 0.6 is 23.2 Å². The van der Waals surface area contributed by atoms with Gasteiger partial charge in [0.2, 0.25) is 0 Å². The fourth-order valence-corrected chi connectivity index (χ4v) is 2.27. The quantitative estimate of drug-likeness (QED) is 0.781. The summed E-state index contributed by atoms with van der Waals surface area (Å²) >= 11 is 11.7. The van der Waals surface area contributed by atoms with Crippen LogP contribution in [0.4, 0.5) is 0 Å². The number of hydrogen-bond donors (Lipinski definition) is 2. The van der Waals surface area contributed by atoms with Gasteiger partial charge in [0.1, 0.15) is 5.75 Å². The Kier molecular flexibility index (Phi) is 2.38. The molecule has 3 N–H and O–H groups in total. The van der Waals surface area contributed by atoms with Crippen molar-refractivity contribution in [1.29, 1.82) is 0 Å². The van der Waals surface area contributed by atoms with Crippen molar-refractivity contribution in [2.45, 2.75) is 24.8 Å². The second-order valence-electron chi connectivity index (χ2n) is 3.79. The van der Waals surface area contributed by atoms with Gasteiger partial charge in [-0.3, -0.25) is 0 Å². The van der Waals surface area contributed by atoms with Gasteiger partial charge < -0.3 is 10.8 Å². The molecule has 0 aromatic heterocycles. The zero-order valence-corrected chi connectivity index (χ0v) is 9.07. The molecule has 1 fully saturated rings. The molecule has 1 aromatic rings. The Bertz CT molecular complexity index is 375. The van der Waals surface area contributed by atoms with E-state index in [9.17, 15) is 5.11 Å². The van der Waals surface area contributed by atoms with Crippen LogP contribution < -0.4 is 5.73 Å². The molecule has 76 valence electrons. The smallest absolute Gasteiger partial charge is 0.139 e. The predicted molar refractivity (Wildman–Crippen MR) is 57.8 cm³/mol. The third kappa shape index (κ3) is 1.48. The van der Waals surface area contributed by atoms with Crippen molar-refractivity contribution in [2.24, 2.45) is 5.73 Å². The molecule has 0 unspecified atom stereocenters. The van der Waals surface area contributed by atoms with E-state index in [2.05, 4.69) is 0 Å². The SMILES string of the molecule is NC1(c2cc(Cl)cc(Cl)c2O)CCC1. The summed E-state index contributed by atoms with van der Waals surface area (Å²) in [5, 5.41) is 10.5. The Morgan fingerprint density at radius 2 is 1.93 bits per heavy atom. The van der Waals surface area contributed by atoms with Crippen molar-refractivity contribution in [3.8, 4) is 5.75 Å². The number of hydrogen-bond acceptors (Lipinski definition) is 2. The molecule has 1 aliphatic carbocycles. The summed E-state index contributed by atoms with van der Waals surface area (Å²) in [5.74, 6) is 0.0678. The van der Waals surface area contributed by atoms with Crippen molar-refractivity contribution in [3.63, 3.8) is 0 Å². The maximum atomic E-state index is 9.75. The minimum atomic E-state index is -0.432. The molecule has 14 heavy (non-hydrogen) atoms. The molecule has 1 aliphatic rings. The fourth-order valence-electron chi connectivity index (χ4n) is 1.77. The number of phenolic OH excluding ortho intramolecular Hbond substituents is 1. The number of benzene rings is 1. The first kappa shape index (κ1) is 10.1. The zero-order valence-electron chi connectivity index (χ0n) is 7.56. The molecule has 0 bridgehead atoms. The zero-order chi connectivity index (χ0) is 10.3. The van der Waals surface area contributed by atoms with Crippen molar-refractivity contribution in [1.82, 2.24) is 0 Å². The predicted octanol–water partition coefficient (Wildman–Crippen LogP) is 3.04. The van der Waals surface area contributed by atoms with Crippen LogP contribution in [-0.2, 0) is 5.54 Å². The van der Waals surface area contributed by atoms with Gasteiger partial charge in [-0.15, -0.1) is 0 Å². The van der Waals surface area contributed by atoms with E-state index in [-0.39, 0.29) is 10.8 Å². The highest BCUT2D eigenvalue weighted by atomic mass is 35.5. The first-order valence-corrected chi connectivity index (χ1v) is 5.26. The number of nitrogens with two attached hydrogens (primary N) is 1. The lowest BCUT2D eigenvalue weighted by molar-refractivity contribution is 0.245. The molecule has 0 saturated heterocycles. The standard InChI is InChI=1S/C10H11Cl2NO/c11-6-4-7(9(14)8(12)5-6)10(13)2-1-3-10/h4-5,14H,1-3,13H2. The Morgan fingerprint density at radius 1 is 1.29 bits per heavy atom. The maximum absolute atomic E-state index is 9.75. The van der Waals surface area contributed by atoms with Crippen LogP contribution in [0.2, 0.25) is 10.0 Å². The third-order valence-electron chi connectivity index (χ3n) is 2.81. The summed E-state index contributed by atoms with van der Waals surface area (Å²) < 4.78 is 0. The van der Waals surface area contributed by atoms with Crippen molar-refractivity contribution < 1.29 is 5.11 Å². The number of phenols is 1. The lowest BCUT2D eigenvalue weighted by atomic mass is 9.72. The number of rotatable bonds is 1. The van der Waals surface area contributed by atoms with Crippen LogP contribution in [0.15, 0.2) is 12.1 Å². The summed E-state index contributed by atoms with van der Waals surface area (Å²) in [5.41, 5.74) is 6.32. The van der Waals surface area contributed by atoms with Gasteiger partial charge in [0.25, 0.3) is 0 Å². The van der Waals surface area contributed by atoms with E-state index in [1.807, 2.05) is 0 Å². The Balaban J connectivity index is 2.51. The highest BCUT2D eigenvalue weighted by molar-refractivity contribution is 6.35. The summed E-state index contributed by atoms with van der Waals surface area (Å²) in [6, 6.07) is 3.21. The first-order chi connectivity index (χ1) is 6.53. The Labute approximate surface area is 92.6 Å². The molecule has 0 radical (unpaired) electrons. The van der Waals surface area contributed by atoms with Crippen molar-refractivity contribution in [2.75, 3.05) is 0 Å². The summed E-state index contributed by atoms with van der Waals surface area (Å²) in [7, 11) is 0. The average molecular weight is 232 g/mol. The molecule has 2 rings (SSSR count). The molecule has 0 atom stereocenters. The van der Waals surface area contributed by atoms with Crippen LogP contribution in [0.1, 0.15) is 24.8 Å². The number of aromatic hydroxyl groups is 1. The van der Waals surface area contributed by atoms with Crippen LogP contribution in [0.3, 0.4) is 0 Å². The lowest BCUT2D eigenvalue weighted by Crippen LogP contribution is -2.43. The minimum absolute atomic E-state index is 0.0678. The van der Waals surface area contributed by atoms with Crippen molar-refractivity contribution in [3.05, 3.63) is 27.7 Å². The summed E-state index contributed by atoms with van der Waals surface area (Å²) in [6.07, 6.45) is 2.83. The molecule has 0 heterocycles. The molecular formula is C10H11Cl2NO. The normalized spacial score (nSPS) is 19.1. The fraction of sp³-hybridized carbons (Fsp3) is 0.400. The van der Waals surface area contributed by atoms with E-state index < -0.39 is 5.54 Å². The van der Waals surface area contributed by atoms with E-state index >= 15 is 0 Å². The third-order valence-corrected chi connectivity index (χ3v) is 3.32.